The van der Waals surface area contributed by atoms with Crippen LogP contribution in [0.2, 0.25) is 0 Å². The fourth-order valence-corrected chi connectivity index (χ4v) is 3.58. The zero-order valence-corrected chi connectivity index (χ0v) is 13.8. The predicted molar refractivity (Wildman–Crippen MR) is 88.3 cm³/mol. The number of nitrogens with one attached hydrogen (secondary N) is 1. The Morgan fingerprint density at radius 2 is 1.85 bits per heavy atom. The van der Waals surface area contributed by atoms with Crippen molar-refractivity contribution in [2.45, 2.75) is 72.3 Å². The van der Waals surface area contributed by atoms with Gasteiger partial charge in [-0.2, -0.15) is 0 Å². The standard InChI is InChI=1S/C19H31N/c1-5-12-20-18(19(4)10-6-7-11-19)14-17-9-8-15(2)16(3)13-17/h8-9,13,18,20H,5-7,10-12,14H2,1-4H3. The quantitative estimate of drug-likeness (QED) is 0.785. The highest BCUT2D eigenvalue weighted by Gasteiger charge is 2.36. The minimum absolute atomic E-state index is 0.494. The first kappa shape index (κ1) is 15.6. The fraction of sp³-hybridized carbons (Fsp3) is 0.684. The van der Waals surface area contributed by atoms with Gasteiger partial charge in [0.15, 0.2) is 0 Å². The van der Waals surface area contributed by atoms with Gasteiger partial charge in [0.05, 0.1) is 0 Å². The summed E-state index contributed by atoms with van der Waals surface area (Å²) in [6.45, 7) is 10.3. The van der Waals surface area contributed by atoms with Crippen molar-refractivity contribution in [3.05, 3.63) is 34.9 Å². The number of hydrogen-bond donors (Lipinski definition) is 1. The van der Waals surface area contributed by atoms with Crippen LogP contribution in [0.5, 0.6) is 0 Å². The summed E-state index contributed by atoms with van der Waals surface area (Å²) >= 11 is 0. The molecule has 0 amide bonds. The lowest BCUT2D eigenvalue weighted by Gasteiger charge is -2.35. The maximum Gasteiger partial charge on any atom is 0.0161 e. The Labute approximate surface area is 125 Å². The van der Waals surface area contributed by atoms with Crippen molar-refractivity contribution in [3.8, 4) is 0 Å². The van der Waals surface area contributed by atoms with Crippen LogP contribution in [-0.4, -0.2) is 12.6 Å². The largest absolute Gasteiger partial charge is 0.313 e. The van der Waals surface area contributed by atoms with Gasteiger partial charge in [0.1, 0.15) is 0 Å². The first-order valence-electron chi connectivity index (χ1n) is 8.34. The normalized spacial score (nSPS) is 19.2. The zero-order chi connectivity index (χ0) is 14.6. The van der Waals surface area contributed by atoms with Crippen molar-refractivity contribution in [2.75, 3.05) is 6.54 Å². The molecule has 2 rings (SSSR count). The SMILES string of the molecule is CCCNC(Cc1ccc(C)c(C)c1)C1(C)CCCC1. The third-order valence-electron chi connectivity index (χ3n) is 5.24. The molecule has 0 bridgehead atoms. The van der Waals surface area contributed by atoms with Crippen molar-refractivity contribution in [3.63, 3.8) is 0 Å². The average molecular weight is 273 g/mol. The minimum Gasteiger partial charge on any atom is -0.313 e. The summed E-state index contributed by atoms with van der Waals surface area (Å²) in [7, 11) is 0. The molecule has 1 aliphatic rings. The highest BCUT2D eigenvalue weighted by molar-refractivity contribution is 5.30. The van der Waals surface area contributed by atoms with Crippen molar-refractivity contribution in [2.24, 2.45) is 5.41 Å². The van der Waals surface area contributed by atoms with E-state index in [-0.39, 0.29) is 0 Å². The highest BCUT2D eigenvalue weighted by Crippen LogP contribution is 2.41. The zero-order valence-electron chi connectivity index (χ0n) is 13.8. The van der Waals surface area contributed by atoms with Crippen molar-refractivity contribution < 1.29 is 0 Å². The van der Waals surface area contributed by atoms with Gasteiger partial charge in [-0.05, 0) is 68.2 Å². The molecule has 20 heavy (non-hydrogen) atoms. The molecule has 1 saturated carbocycles. The lowest BCUT2D eigenvalue weighted by Crippen LogP contribution is -2.44. The van der Waals surface area contributed by atoms with E-state index in [0.29, 0.717) is 11.5 Å². The van der Waals surface area contributed by atoms with Crippen LogP contribution in [0.1, 0.15) is 62.6 Å². The van der Waals surface area contributed by atoms with Crippen LogP contribution in [-0.2, 0) is 6.42 Å². The molecular formula is C19H31N. The molecule has 0 heterocycles. The van der Waals surface area contributed by atoms with Gasteiger partial charge >= 0.3 is 0 Å². The van der Waals surface area contributed by atoms with Gasteiger partial charge in [0.2, 0.25) is 0 Å². The van der Waals surface area contributed by atoms with Crippen LogP contribution in [0.3, 0.4) is 0 Å². The minimum atomic E-state index is 0.494. The van der Waals surface area contributed by atoms with E-state index in [4.69, 9.17) is 0 Å². The van der Waals surface area contributed by atoms with Gasteiger partial charge in [0.25, 0.3) is 0 Å². The Morgan fingerprint density at radius 3 is 2.45 bits per heavy atom. The Morgan fingerprint density at radius 1 is 1.15 bits per heavy atom. The number of rotatable bonds is 6. The summed E-state index contributed by atoms with van der Waals surface area (Å²) in [6, 6.07) is 7.61. The second-order valence-corrected chi connectivity index (χ2v) is 6.99. The average Bonchev–Trinajstić information content (AvgIpc) is 2.86. The second-order valence-electron chi connectivity index (χ2n) is 6.99. The second kappa shape index (κ2) is 6.76. The molecule has 1 unspecified atom stereocenters. The maximum absolute atomic E-state index is 3.83. The maximum atomic E-state index is 3.83. The van der Waals surface area contributed by atoms with E-state index in [1.807, 2.05) is 0 Å². The molecule has 112 valence electrons. The van der Waals surface area contributed by atoms with E-state index in [2.05, 4.69) is 51.2 Å². The van der Waals surface area contributed by atoms with Gasteiger partial charge in [-0.1, -0.05) is 44.9 Å². The van der Waals surface area contributed by atoms with Gasteiger partial charge in [0, 0.05) is 6.04 Å². The molecule has 1 nitrogen and oxygen atoms in total. The lowest BCUT2D eigenvalue weighted by atomic mass is 9.77. The van der Waals surface area contributed by atoms with E-state index in [9.17, 15) is 0 Å². The van der Waals surface area contributed by atoms with E-state index in [1.54, 1.807) is 0 Å². The van der Waals surface area contributed by atoms with E-state index in [1.165, 1.54) is 55.2 Å². The topological polar surface area (TPSA) is 12.0 Å². The molecule has 0 aromatic heterocycles. The van der Waals surface area contributed by atoms with Crippen LogP contribution < -0.4 is 5.32 Å². The summed E-state index contributed by atoms with van der Waals surface area (Å²) < 4.78 is 0. The van der Waals surface area contributed by atoms with Crippen LogP contribution in [0, 0.1) is 19.3 Å². The number of benzene rings is 1. The van der Waals surface area contributed by atoms with Crippen LogP contribution in [0.25, 0.3) is 0 Å². The highest BCUT2D eigenvalue weighted by atomic mass is 14.9. The smallest absolute Gasteiger partial charge is 0.0161 e. The Bertz CT molecular complexity index is 429. The van der Waals surface area contributed by atoms with E-state index >= 15 is 0 Å². The molecule has 0 spiro atoms. The molecule has 1 aromatic rings. The molecule has 0 saturated heterocycles. The number of hydrogen-bond acceptors (Lipinski definition) is 1. The predicted octanol–water partition coefficient (Wildman–Crippen LogP) is 4.79. The Kier molecular flexibility index (Phi) is 5.26. The third-order valence-corrected chi connectivity index (χ3v) is 5.24. The third kappa shape index (κ3) is 3.63. The molecule has 1 atom stereocenters. The molecule has 1 fully saturated rings. The van der Waals surface area contributed by atoms with Gasteiger partial charge in [-0.25, -0.2) is 0 Å². The Hall–Kier alpha value is -0.820. The summed E-state index contributed by atoms with van der Waals surface area (Å²) in [6.07, 6.45) is 8.00. The summed E-state index contributed by atoms with van der Waals surface area (Å²) in [5, 5.41) is 3.83. The van der Waals surface area contributed by atoms with Crippen molar-refractivity contribution >= 4 is 0 Å². The van der Waals surface area contributed by atoms with Crippen LogP contribution >= 0.6 is 0 Å². The summed E-state index contributed by atoms with van der Waals surface area (Å²) in [4.78, 5) is 0. The lowest BCUT2D eigenvalue weighted by molar-refractivity contribution is 0.219. The molecule has 1 heteroatoms. The van der Waals surface area contributed by atoms with Gasteiger partial charge < -0.3 is 5.32 Å². The fourth-order valence-electron chi connectivity index (χ4n) is 3.58. The van der Waals surface area contributed by atoms with Crippen molar-refractivity contribution in [1.29, 1.82) is 0 Å². The summed E-state index contributed by atoms with van der Waals surface area (Å²) in [5.74, 6) is 0. The molecule has 1 aromatic carbocycles. The van der Waals surface area contributed by atoms with Gasteiger partial charge in [-0.3, -0.25) is 0 Å². The number of aryl methyl sites for hydroxylation is 2. The first-order chi connectivity index (χ1) is 9.55. The first-order valence-corrected chi connectivity index (χ1v) is 8.34. The molecule has 1 aliphatic carbocycles. The molecular weight excluding hydrogens is 242 g/mol. The monoisotopic (exact) mass is 273 g/mol. The van der Waals surface area contributed by atoms with Crippen molar-refractivity contribution in [1.82, 2.24) is 5.32 Å². The molecule has 1 N–H and O–H groups in total. The van der Waals surface area contributed by atoms with E-state index in [0.717, 1.165) is 6.54 Å². The van der Waals surface area contributed by atoms with E-state index < -0.39 is 0 Å². The molecule has 0 radical (unpaired) electrons. The van der Waals surface area contributed by atoms with Gasteiger partial charge in [-0.15, -0.1) is 0 Å². The van der Waals surface area contributed by atoms with Crippen LogP contribution in [0.15, 0.2) is 18.2 Å². The summed E-state index contributed by atoms with van der Waals surface area (Å²) in [5.41, 5.74) is 4.82. The Balaban J connectivity index is 2.12. The molecule has 0 aliphatic heterocycles. The van der Waals surface area contributed by atoms with Crippen LogP contribution in [0.4, 0.5) is 0 Å².